The van der Waals surface area contributed by atoms with Crippen LogP contribution in [-0.2, 0) is 0 Å². The SMILES string of the molecule is Cc1cc(Oc2ccc([N+](=O)[O-])cc2C)ccn1. The molecular formula is C13H12N2O3. The number of nitro benzene ring substituents is 1. The lowest BCUT2D eigenvalue weighted by atomic mass is 10.2. The highest BCUT2D eigenvalue weighted by atomic mass is 16.6. The summed E-state index contributed by atoms with van der Waals surface area (Å²) in [6.45, 7) is 3.64. The van der Waals surface area contributed by atoms with Crippen LogP contribution in [0.4, 0.5) is 5.69 Å². The van der Waals surface area contributed by atoms with Crippen LogP contribution < -0.4 is 4.74 Å². The van der Waals surface area contributed by atoms with Crippen molar-refractivity contribution < 1.29 is 9.66 Å². The highest BCUT2D eigenvalue weighted by Crippen LogP contribution is 2.27. The fourth-order valence-corrected chi connectivity index (χ4v) is 1.57. The first-order valence-corrected chi connectivity index (χ1v) is 5.42. The topological polar surface area (TPSA) is 65.3 Å². The van der Waals surface area contributed by atoms with Crippen molar-refractivity contribution in [2.45, 2.75) is 13.8 Å². The summed E-state index contributed by atoms with van der Waals surface area (Å²) in [4.78, 5) is 14.3. The third-order valence-corrected chi connectivity index (χ3v) is 2.47. The fourth-order valence-electron chi connectivity index (χ4n) is 1.57. The summed E-state index contributed by atoms with van der Waals surface area (Å²) >= 11 is 0. The average Bonchev–Trinajstić information content (AvgIpc) is 2.31. The third kappa shape index (κ3) is 2.63. The van der Waals surface area contributed by atoms with Crippen molar-refractivity contribution in [3.05, 3.63) is 57.9 Å². The first kappa shape index (κ1) is 12.0. The van der Waals surface area contributed by atoms with Gasteiger partial charge in [0.15, 0.2) is 0 Å². The van der Waals surface area contributed by atoms with Gasteiger partial charge >= 0.3 is 0 Å². The maximum atomic E-state index is 10.6. The van der Waals surface area contributed by atoms with Crippen LogP contribution in [0.1, 0.15) is 11.3 Å². The number of benzene rings is 1. The summed E-state index contributed by atoms with van der Waals surface area (Å²) in [7, 11) is 0. The second-order valence-electron chi connectivity index (χ2n) is 3.94. The zero-order chi connectivity index (χ0) is 13.1. The first-order chi connectivity index (χ1) is 8.56. The molecule has 2 aromatic rings. The number of aryl methyl sites for hydroxylation is 2. The van der Waals surface area contributed by atoms with Gasteiger partial charge in [0.2, 0.25) is 0 Å². The molecule has 0 saturated carbocycles. The number of nitro groups is 1. The molecule has 18 heavy (non-hydrogen) atoms. The predicted octanol–water partition coefficient (Wildman–Crippen LogP) is 3.40. The van der Waals surface area contributed by atoms with Crippen molar-refractivity contribution in [1.29, 1.82) is 0 Å². The van der Waals surface area contributed by atoms with E-state index in [0.29, 0.717) is 11.5 Å². The minimum Gasteiger partial charge on any atom is -0.457 e. The van der Waals surface area contributed by atoms with E-state index in [1.54, 1.807) is 31.3 Å². The van der Waals surface area contributed by atoms with Gasteiger partial charge in [-0.05, 0) is 31.5 Å². The van der Waals surface area contributed by atoms with Gasteiger partial charge in [-0.25, -0.2) is 0 Å². The Kier molecular flexibility index (Phi) is 3.23. The minimum atomic E-state index is -0.423. The van der Waals surface area contributed by atoms with Crippen molar-refractivity contribution >= 4 is 5.69 Å². The van der Waals surface area contributed by atoms with Gasteiger partial charge in [0.25, 0.3) is 5.69 Å². The molecule has 0 aliphatic carbocycles. The molecule has 0 unspecified atom stereocenters. The lowest BCUT2D eigenvalue weighted by Gasteiger charge is -2.08. The summed E-state index contributed by atoms with van der Waals surface area (Å²) in [5.74, 6) is 1.27. The van der Waals surface area contributed by atoms with Crippen LogP contribution >= 0.6 is 0 Å². The normalized spacial score (nSPS) is 10.1. The van der Waals surface area contributed by atoms with E-state index in [1.807, 2.05) is 6.92 Å². The number of pyridine rings is 1. The fraction of sp³-hybridized carbons (Fsp3) is 0.154. The lowest BCUT2D eigenvalue weighted by Crippen LogP contribution is -1.92. The second kappa shape index (κ2) is 4.83. The van der Waals surface area contributed by atoms with E-state index in [4.69, 9.17) is 4.74 Å². The van der Waals surface area contributed by atoms with Crippen molar-refractivity contribution in [2.75, 3.05) is 0 Å². The van der Waals surface area contributed by atoms with Gasteiger partial charge < -0.3 is 4.74 Å². The van der Waals surface area contributed by atoms with Crippen LogP contribution in [0, 0.1) is 24.0 Å². The molecule has 1 heterocycles. The molecule has 0 aliphatic rings. The van der Waals surface area contributed by atoms with Crippen LogP contribution in [0.2, 0.25) is 0 Å². The summed E-state index contributed by atoms with van der Waals surface area (Å²) in [5.41, 5.74) is 1.64. The van der Waals surface area contributed by atoms with Gasteiger partial charge in [0.1, 0.15) is 11.5 Å². The monoisotopic (exact) mass is 244 g/mol. The quantitative estimate of drug-likeness (QED) is 0.613. The Morgan fingerprint density at radius 1 is 1.22 bits per heavy atom. The molecule has 0 N–H and O–H groups in total. The maximum Gasteiger partial charge on any atom is 0.269 e. The van der Waals surface area contributed by atoms with E-state index < -0.39 is 4.92 Å². The number of ether oxygens (including phenoxy) is 1. The molecule has 0 amide bonds. The minimum absolute atomic E-state index is 0.0609. The molecule has 92 valence electrons. The molecule has 0 bridgehead atoms. The van der Waals surface area contributed by atoms with Crippen molar-refractivity contribution in [3.8, 4) is 11.5 Å². The molecule has 0 radical (unpaired) electrons. The van der Waals surface area contributed by atoms with Gasteiger partial charge in [0, 0.05) is 30.1 Å². The van der Waals surface area contributed by atoms with Gasteiger partial charge in [-0.1, -0.05) is 0 Å². The maximum absolute atomic E-state index is 10.6. The van der Waals surface area contributed by atoms with Crippen molar-refractivity contribution in [2.24, 2.45) is 0 Å². The molecule has 2 rings (SSSR count). The molecule has 1 aromatic heterocycles. The Morgan fingerprint density at radius 2 is 2.00 bits per heavy atom. The first-order valence-electron chi connectivity index (χ1n) is 5.42. The Bertz CT molecular complexity index is 597. The van der Waals surface area contributed by atoms with E-state index in [2.05, 4.69) is 4.98 Å². The largest absolute Gasteiger partial charge is 0.457 e. The summed E-state index contributed by atoms with van der Waals surface area (Å²) in [5, 5.41) is 10.6. The summed E-state index contributed by atoms with van der Waals surface area (Å²) in [6, 6.07) is 8.07. The van der Waals surface area contributed by atoms with E-state index in [0.717, 1.165) is 11.3 Å². The number of hydrogen-bond acceptors (Lipinski definition) is 4. The number of rotatable bonds is 3. The Hall–Kier alpha value is -2.43. The molecule has 1 aromatic carbocycles. The molecule has 0 atom stereocenters. The van der Waals surface area contributed by atoms with Crippen LogP contribution in [0.25, 0.3) is 0 Å². The lowest BCUT2D eigenvalue weighted by molar-refractivity contribution is -0.384. The Morgan fingerprint density at radius 3 is 2.61 bits per heavy atom. The average molecular weight is 244 g/mol. The van der Waals surface area contributed by atoms with E-state index in [1.165, 1.54) is 12.1 Å². The number of hydrogen-bond donors (Lipinski definition) is 0. The molecule has 0 spiro atoms. The van der Waals surface area contributed by atoms with Crippen molar-refractivity contribution in [3.63, 3.8) is 0 Å². The van der Waals surface area contributed by atoms with Gasteiger partial charge in [-0.3, -0.25) is 15.1 Å². The van der Waals surface area contributed by atoms with Crippen molar-refractivity contribution in [1.82, 2.24) is 4.98 Å². The highest BCUT2D eigenvalue weighted by molar-refractivity contribution is 5.44. The number of non-ortho nitro benzene ring substituents is 1. The summed E-state index contributed by atoms with van der Waals surface area (Å²) < 4.78 is 5.66. The van der Waals surface area contributed by atoms with Gasteiger partial charge in [-0.15, -0.1) is 0 Å². The van der Waals surface area contributed by atoms with E-state index >= 15 is 0 Å². The Labute approximate surface area is 104 Å². The van der Waals surface area contributed by atoms with Crippen LogP contribution in [0.15, 0.2) is 36.5 Å². The van der Waals surface area contributed by atoms with E-state index in [-0.39, 0.29) is 5.69 Å². The standard InChI is InChI=1S/C13H12N2O3/c1-9-7-11(15(16)17)3-4-13(9)18-12-5-6-14-10(2)8-12/h3-8H,1-2H3. The van der Waals surface area contributed by atoms with Crippen LogP contribution in [0.5, 0.6) is 11.5 Å². The Balaban J connectivity index is 2.27. The highest BCUT2D eigenvalue weighted by Gasteiger charge is 2.09. The predicted molar refractivity (Wildman–Crippen MR) is 66.9 cm³/mol. The third-order valence-electron chi connectivity index (χ3n) is 2.47. The molecule has 0 fully saturated rings. The second-order valence-corrected chi connectivity index (χ2v) is 3.94. The van der Waals surface area contributed by atoms with Gasteiger partial charge in [-0.2, -0.15) is 0 Å². The zero-order valence-electron chi connectivity index (χ0n) is 10.1. The summed E-state index contributed by atoms with van der Waals surface area (Å²) in [6.07, 6.45) is 1.66. The zero-order valence-corrected chi connectivity index (χ0v) is 10.1. The van der Waals surface area contributed by atoms with E-state index in [9.17, 15) is 10.1 Å². The molecular weight excluding hydrogens is 232 g/mol. The van der Waals surface area contributed by atoms with Crippen LogP contribution in [0.3, 0.4) is 0 Å². The molecule has 5 nitrogen and oxygen atoms in total. The smallest absolute Gasteiger partial charge is 0.269 e. The number of nitrogens with zero attached hydrogens (tertiary/aromatic N) is 2. The molecule has 0 saturated heterocycles. The number of aromatic nitrogens is 1. The molecule has 5 heteroatoms. The van der Waals surface area contributed by atoms with Crippen LogP contribution in [-0.4, -0.2) is 9.91 Å². The molecule has 0 aliphatic heterocycles. The van der Waals surface area contributed by atoms with Gasteiger partial charge in [0.05, 0.1) is 4.92 Å².